The van der Waals surface area contributed by atoms with Crippen LogP contribution >= 0.6 is 0 Å². The van der Waals surface area contributed by atoms with Gasteiger partial charge in [-0.25, -0.2) is 4.98 Å². The van der Waals surface area contributed by atoms with Crippen LogP contribution in [0, 0.1) is 11.3 Å². The first-order valence-corrected chi connectivity index (χ1v) is 4.40. The zero-order valence-corrected chi connectivity index (χ0v) is 8.61. The van der Waals surface area contributed by atoms with Crippen LogP contribution in [-0.4, -0.2) is 24.0 Å². The predicted octanol–water partition coefficient (Wildman–Crippen LogP) is 1.66. The van der Waals surface area contributed by atoms with E-state index in [1.165, 1.54) is 0 Å². The Labute approximate surface area is 83.5 Å². The molecule has 0 radical (unpaired) electrons. The Kier molecular flexibility index (Phi) is 3.29. The molecular formula is C10H13N3O. The summed E-state index contributed by atoms with van der Waals surface area (Å²) >= 11 is 0. The number of hydrogen-bond donors (Lipinski definition) is 0. The molecule has 1 rings (SSSR count). The third-order valence-electron chi connectivity index (χ3n) is 1.65. The number of allylic oxidation sites excluding steroid dienone is 1. The first kappa shape index (κ1) is 10.3. The number of hydrogen-bond acceptors (Lipinski definition) is 4. The maximum absolute atomic E-state index is 8.87. The van der Waals surface area contributed by atoms with Crippen LogP contribution in [0.25, 0.3) is 5.57 Å². The van der Waals surface area contributed by atoms with Gasteiger partial charge in [0.1, 0.15) is 17.9 Å². The van der Waals surface area contributed by atoms with E-state index < -0.39 is 0 Å². The van der Waals surface area contributed by atoms with Crippen molar-refractivity contribution in [3.63, 3.8) is 0 Å². The molecule has 4 heteroatoms. The number of aromatic nitrogens is 1. The van der Waals surface area contributed by atoms with Gasteiger partial charge < -0.3 is 9.32 Å². The van der Waals surface area contributed by atoms with Crippen molar-refractivity contribution in [2.75, 3.05) is 14.1 Å². The Bertz CT molecular complexity index is 371. The molecule has 0 saturated heterocycles. The second kappa shape index (κ2) is 4.47. The van der Waals surface area contributed by atoms with Crippen LogP contribution in [0.5, 0.6) is 0 Å². The Hall–Kier alpha value is -1.76. The van der Waals surface area contributed by atoms with Gasteiger partial charge in [-0.15, -0.1) is 0 Å². The lowest BCUT2D eigenvalue weighted by molar-refractivity contribution is 0.533. The van der Waals surface area contributed by atoms with Crippen molar-refractivity contribution in [3.05, 3.63) is 24.0 Å². The van der Waals surface area contributed by atoms with E-state index in [9.17, 15) is 0 Å². The van der Waals surface area contributed by atoms with E-state index in [1.54, 1.807) is 17.4 Å². The van der Waals surface area contributed by atoms with Crippen molar-refractivity contribution in [3.8, 4) is 6.07 Å². The summed E-state index contributed by atoms with van der Waals surface area (Å²) in [5.74, 6) is 0.387. The van der Waals surface area contributed by atoms with Crippen LogP contribution in [-0.2, 0) is 6.42 Å². The highest BCUT2D eigenvalue weighted by atomic mass is 16.3. The fourth-order valence-electron chi connectivity index (χ4n) is 0.983. The monoisotopic (exact) mass is 191 g/mol. The van der Waals surface area contributed by atoms with E-state index in [1.807, 2.05) is 21.0 Å². The second-order valence-corrected chi connectivity index (χ2v) is 3.12. The molecule has 0 amide bonds. The van der Waals surface area contributed by atoms with E-state index in [0.717, 1.165) is 12.1 Å². The van der Waals surface area contributed by atoms with E-state index in [0.29, 0.717) is 11.5 Å². The van der Waals surface area contributed by atoms with Gasteiger partial charge in [0.25, 0.3) is 0 Å². The molecule has 1 aromatic heterocycles. The zero-order valence-electron chi connectivity index (χ0n) is 8.61. The van der Waals surface area contributed by atoms with Gasteiger partial charge in [0.15, 0.2) is 0 Å². The third kappa shape index (κ3) is 2.36. The molecule has 0 unspecified atom stereocenters. The molecule has 1 heterocycles. The molecule has 0 fully saturated rings. The average molecular weight is 191 g/mol. The van der Waals surface area contributed by atoms with Crippen LogP contribution in [0.1, 0.15) is 18.5 Å². The molecule has 0 saturated carbocycles. The van der Waals surface area contributed by atoms with Gasteiger partial charge in [-0.3, -0.25) is 0 Å². The third-order valence-corrected chi connectivity index (χ3v) is 1.65. The Morgan fingerprint density at radius 2 is 2.43 bits per heavy atom. The van der Waals surface area contributed by atoms with Crippen molar-refractivity contribution in [1.29, 1.82) is 5.26 Å². The largest absolute Gasteiger partial charge is 0.444 e. The summed E-state index contributed by atoms with van der Waals surface area (Å²) in [4.78, 5) is 5.95. The normalized spacial score (nSPS) is 11.1. The van der Waals surface area contributed by atoms with Gasteiger partial charge in [0.05, 0.1) is 5.69 Å². The van der Waals surface area contributed by atoms with Crippen molar-refractivity contribution in [1.82, 2.24) is 9.88 Å². The lowest BCUT2D eigenvalue weighted by atomic mass is 10.3. The van der Waals surface area contributed by atoms with Gasteiger partial charge in [0.2, 0.25) is 5.89 Å². The summed E-state index contributed by atoms with van der Waals surface area (Å²) in [6.07, 6.45) is 4.08. The molecule has 0 spiro atoms. The molecule has 0 aliphatic carbocycles. The molecule has 14 heavy (non-hydrogen) atoms. The summed E-state index contributed by atoms with van der Waals surface area (Å²) in [7, 11) is 3.70. The van der Waals surface area contributed by atoms with Crippen molar-refractivity contribution in [2.24, 2.45) is 0 Å². The van der Waals surface area contributed by atoms with Gasteiger partial charge >= 0.3 is 0 Å². The minimum Gasteiger partial charge on any atom is -0.444 e. The summed E-state index contributed by atoms with van der Waals surface area (Å²) in [6, 6.07) is 2.05. The first-order chi connectivity index (χ1) is 6.67. The molecule has 0 aromatic carbocycles. The molecular weight excluding hydrogens is 178 g/mol. The lowest BCUT2D eigenvalue weighted by Gasteiger charge is -2.03. The van der Waals surface area contributed by atoms with Crippen molar-refractivity contribution < 1.29 is 4.42 Å². The van der Waals surface area contributed by atoms with Crippen LogP contribution < -0.4 is 0 Å². The molecule has 1 aromatic rings. The number of aryl methyl sites for hydroxylation is 1. The standard InChI is InChI=1S/C10H13N3O/c1-4-9-7-14-10(12-9)8(5-11)6-13(2)3/h6-7H,4H2,1-3H3/b8-6-. The van der Waals surface area contributed by atoms with E-state index in [4.69, 9.17) is 9.68 Å². The van der Waals surface area contributed by atoms with E-state index in [-0.39, 0.29) is 0 Å². The van der Waals surface area contributed by atoms with Crippen LogP contribution in [0.15, 0.2) is 16.9 Å². The maximum atomic E-state index is 8.87. The second-order valence-electron chi connectivity index (χ2n) is 3.12. The number of nitrogens with zero attached hydrogens (tertiary/aromatic N) is 3. The number of oxazole rings is 1. The van der Waals surface area contributed by atoms with Gasteiger partial charge in [0, 0.05) is 20.3 Å². The van der Waals surface area contributed by atoms with E-state index in [2.05, 4.69) is 11.1 Å². The number of rotatable bonds is 3. The SMILES string of the molecule is CCc1coc(/C(C#N)=C\N(C)C)n1. The molecule has 0 aliphatic rings. The molecule has 0 aliphatic heterocycles. The van der Waals surface area contributed by atoms with Crippen molar-refractivity contribution in [2.45, 2.75) is 13.3 Å². The molecule has 0 atom stereocenters. The fraction of sp³-hybridized carbons (Fsp3) is 0.400. The Morgan fingerprint density at radius 3 is 2.86 bits per heavy atom. The topological polar surface area (TPSA) is 53.1 Å². The molecule has 4 nitrogen and oxygen atoms in total. The smallest absolute Gasteiger partial charge is 0.238 e. The van der Waals surface area contributed by atoms with Crippen molar-refractivity contribution >= 4 is 5.57 Å². The highest BCUT2D eigenvalue weighted by Crippen LogP contribution is 2.13. The maximum Gasteiger partial charge on any atom is 0.238 e. The summed E-state index contributed by atoms with van der Waals surface area (Å²) in [6.45, 7) is 1.99. The predicted molar refractivity (Wildman–Crippen MR) is 53.2 cm³/mol. The van der Waals surface area contributed by atoms with Gasteiger partial charge in [-0.1, -0.05) is 6.92 Å². The number of nitriles is 1. The summed E-state index contributed by atoms with van der Waals surface area (Å²) in [5.41, 5.74) is 1.30. The molecule has 74 valence electrons. The highest BCUT2D eigenvalue weighted by molar-refractivity contribution is 5.71. The lowest BCUT2D eigenvalue weighted by Crippen LogP contribution is -2.02. The average Bonchev–Trinajstić information content (AvgIpc) is 2.62. The minimum atomic E-state index is 0.387. The quantitative estimate of drug-likeness (QED) is 0.682. The fourth-order valence-corrected chi connectivity index (χ4v) is 0.983. The van der Waals surface area contributed by atoms with Crippen LogP contribution in [0.4, 0.5) is 0 Å². The summed E-state index contributed by atoms with van der Waals surface area (Å²) in [5, 5.41) is 8.87. The van der Waals surface area contributed by atoms with E-state index >= 15 is 0 Å². The summed E-state index contributed by atoms with van der Waals surface area (Å²) < 4.78 is 5.18. The highest BCUT2D eigenvalue weighted by Gasteiger charge is 2.08. The zero-order chi connectivity index (χ0) is 10.6. The van der Waals surface area contributed by atoms with Gasteiger partial charge in [-0.05, 0) is 6.42 Å². The van der Waals surface area contributed by atoms with Crippen LogP contribution in [0.2, 0.25) is 0 Å². The van der Waals surface area contributed by atoms with Crippen LogP contribution in [0.3, 0.4) is 0 Å². The van der Waals surface area contributed by atoms with Gasteiger partial charge in [-0.2, -0.15) is 5.26 Å². The Balaban J connectivity index is 2.97. The minimum absolute atomic E-state index is 0.387. The molecule has 0 N–H and O–H groups in total. The molecule has 0 bridgehead atoms. The first-order valence-electron chi connectivity index (χ1n) is 4.40. The Morgan fingerprint density at radius 1 is 1.71 bits per heavy atom.